The topological polar surface area (TPSA) is 54.9 Å². The van der Waals surface area contributed by atoms with Crippen molar-refractivity contribution in [3.05, 3.63) is 48.3 Å². The molecule has 0 saturated carbocycles. The zero-order valence-corrected chi connectivity index (χ0v) is 10.4. The molecule has 1 amide bonds. The number of carbonyl (C=O) groups is 1. The van der Waals surface area contributed by atoms with E-state index in [1.165, 1.54) is 0 Å². The summed E-state index contributed by atoms with van der Waals surface area (Å²) < 4.78 is 0. The molecule has 0 fully saturated rings. The molecular formula is C13H12ClN3O. The minimum absolute atomic E-state index is 0.166. The molecule has 0 saturated heterocycles. The Hall–Kier alpha value is -1.94. The minimum Gasteiger partial charge on any atom is -0.348 e. The van der Waals surface area contributed by atoms with Gasteiger partial charge >= 0.3 is 0 Å². The van der Waals surface area contributed by atoms with Crippen LogP contribution in [0.1, 0.15) is 10.4 Å². The normalized spacial score (nSPS) is 10.9. The molecule has 0 aliphatic rings. The smallest absolute Gasteiger partial charge is 0.253 e. The maximum atomic E-state index is 12.0. The predicted molar refractivity (Wildman–Crippen MR) is 71.7 cm³/mol. The molecular weight excluding hydrogens is 250 g/mol. The first-order chi connectivity index (χ1) is 8.83. The Kier molecular flexibility index (Phi) is 4.25. The third-order valence-corrected chi connectivity index (χ3v) is 2.56. The fourth-order valence-electron chi connectivity index (χ4n) is 1.57. The molecule has 1 N–H and O–H groups in total. The first-order valence-electron chi connectivity index (χ1n) is 5.52. The first-order valence-corrected chi connectivity index (χ1v) is 6.05. The van der Waals surface area contributed by atoms with E-state index in [1.54, 1.807) is 30.6 Å². The van der Waals surface area contributed by atoms with E-state index in [2.05, 4.69) is 15.3 Å². The Bertz CT molecular complexity index is 578. The number of nitrogens with zero attached hydrogens (tertiary/aromatic N) is 2. The van der Waals surface area contributed by atoms with Gasteiger partial charge in [-0.25, -0.2) is 0 Å². The molecule has 0 bridgehead atoms. The SMILES string of the molecule is O=C(NC/C=C/CCl)c1cccc2nccnc12. The van der Waals surface area contributed by atoms with E-state index in [4.69, 9.17) is 11.6 Å². The number of allylic oxidation sites excluding steroid dienone is 1. The molecule has 0 atom stereocenters. The molecule has 0 spiro atoms. The van der Waals surface area contributed by atoms with Crippen LogP contribution in [0.3, 0.4) is 0 Å². The quantitative estimate of drug-likeness (QED) is 0.678. The highest BCUT2D eigenvalue weighted by molar-refractivity contribution is 6.18. The van der Waals surface area contributed by atoms with Gasteiger partial charge in [-0.2, -0.15) is 0 Å². The maximum Gasteiger partial charge on any atom is 0.253 e. The van der Waals surface area contributed by atoms with Crippen molar-refractivity contribution in [1.29, 1.82) is 0 Å². The standard InChI is InChI=1S/C13H12ClN3O/c14-6-1-2-7-17-13(18)10-4-3-5-11-12(10)16-9-8-15-11/h1-5,8-9H,6-7H2,(H,17,18)/b2-1+. The molecule has 1 aromatic carbocycles. The molecule has 0 aliphatic carbocycles. The second-order valence-corrected chi connectivity index (χ2v) is 3.87. The van der Waals surface area contributed by atoms with E-state index >= 15 is 0 Å². The molecule has 2 aromatic rings. The number of alkyl halides is 1. The van der Waals surface area contributed by atoms with Gasteiger partial charge in [-0.1, -0.05) is 18.2 Å². The summed E-state index contributed by atoms with van der Waals surface area (Å²) in [7, 11) is 0. The Morgan fingerprint density at radius 3 is 2.94 bits per heavy atom. The molecule has 0 aliphatic heterocycles. The summed E-state index contributed by atoms with van der Waals surface area (Å²) in [5.74, 6) is 0.274. The number of carbonyl (C=O) groups excluding carboxylic acids is 1. The van der Waals surface area contributed by atoms with Crippen LogP contribution in [-0.2, 0) is 0 Å². The van der Waals surface area contributed by atoms with Crippen molar-refractivity contribution < 1.29 is 4.79 Å². The van der Waals surface area contributed by atoms with E-state index in [0.29, 0.717) is 29.0 Å². The lowest BCUT2D eigenvalue weighted by molar-refractivity contribution is 0.0959. The van der Waals surface area contributed by atoms with Crippen molar-refractivity contribution in [1.82, 2.24) is 15.3 Å². The Morgan fingerprint density at radius 2 is 2.11 bits per heavy atom. The minimum atomic E-state index is -0.166. The van der Waals surface area contributed by atoms with Crippen LogP contribution in [0.5, 0.6) is 0 Å². The molecule has 4 nitrogen and oxygen atoms in total. The highest BCUT2D eigenvalue weighted by atomic mass is 35.5. The number of para-hydroxylation sites is 1. The van der Waals surface area contributed by atoms with Crippen LogP contribution in [0.25, 0.3) is 11.0 Å². The van der Waals surface area contributed by atoms with Crippen LogP contribution in [0.15, 0.2) is 42.7 Å². The molecule has 2 rings (SSSR count). The third kappa shape index (κ3) is 2.84. The second kappa shape index (κ2) is 6.12. The highest BCUT2D eigenvalue weighted by Crippen LogP contribution is 2.13. The van der Waals surface area contributed by atoms with Crippen LogP contribution in [0, 0.1) is 0 Å². The van der Waals surface area contributed by atoms with E-state index in [1.807, 2.05) is 12.1 Å². The number of fused-ring (bicyclic) bond motifs is 1. The number of halogens is 1. The van der Waals surface area contributed by atoms with Gasteiger partial charge in [0.1, 0.15) is 5.52 Å². The number of hydrogen-bond acceptors (Lipinski definition) is 3. The third-order valence-electron chi connectivity index (χ3n) is 2.38. The van der Waals surface area contributed by atoms with E-state index in [-0.39, 0.29) is 5.91 Å². The highest BCUT2D eigenvalue weighted by Gasteiger charge is 2.09. The molecule has 5 heteroatoms. The van der Waals surface area contributed by atoms with Gasteiger partial charge < -0.3 is 5.32 Å². The lowest BCUT2D eigenvalue weighted by Gasteiger charge is -2.04. The monoisotopic (exact) mass is 261 g/mol. The first kappa shape index (κ1) is 12.5. The van der Waals surface area contributed by atoms with Gasteiger partial charge in [0.05, 0.1) is 11.1 Å². The predicted octanol–water partition coefficient (Wildman–Crippen LogP) is 2.15. The largest absolute Gasteiger partial charge is 0.348 e. The zero-order chi connectivity index (χ0) is 12.8. The lowest BCUT2D eigenvalue weighted by Crippen LogP contribution is -2.23. The molecule has 0 unspecified atom stereocenters. The van der Waals surface area contributed by atoms with E-state index in [9.17, 15) is 4.79 Å². The number of rotatable bonds is 4. The van der Waals surface area contributed by atoms with Gasteiger partial charge in [-0.15, -0.1) is 11.6 Å². The number of nitrogens with one attached hydrogen (secondary N) is 1. The van der Waals surface area contributed by atoms with Gasteiger partial charge in [0, 0.05) is 24.8 Å². The number of benzene rings is 1. The number of hydrogen-bond donors (Lipinski definition) is 1. The van der Waals surface area contributed by atoms with Crippen molar-refractivity contribution in [2.75, 3.05) is 12.4 Å². The summed E-state index contributed by atoms with van der Waals surface area (Å²) >= 11 is 5.49. The molecule has 1 aromatic heterocycles. The van der Waals surface area contributed by atoms with E-state index < -0.39 is 0 Å². The Morgan fingerprint density at radius 1 is 1.28 bits per heavy atom. The summed E-state index contributed by atoms with van der Waals surface area (Å²) in [6.07, 6.45) is 6.77. The van der Waals surface area contributed by atoms with Gasteiger partial charge in [0.15, 0.2) is 0 Å². The van der Waals surface area contributed by atoms with Crippen LogP contribution in [-0.4, -0.2) is 28.3 Å². The maximum absolute atomic E-state index is 12.0. The average Bonchev–Trinajstić information content (AvgIpc) is 2.43. The van der Waals surface area contributed by atoms with Gasteiger partial charge in [-0.05, 0) is 12.1 Å². The molecule has 0 radical (unpaired) electrons. The number of amides is 1. The summed E-state index contributed by atoms with van der Waals surface area (Å²) in [5, 5.41) is 2.77. The van der Waals surface area contributed by atoms with Gasteiger partial charge in [-0.3, -0.25) is 14.8 Å². The van der Waals surface area contributed by atoms with Crippen molar-refractivity contribution in [3.63, 3.8) is 0 Å². The van der Waals surface area contributed by atoms with Crippen LogP contribution in [0.4, 0.5) is 0 Å². The van der Waals surface area contributed by atoms with Crippen molar-refractivity contribution in [3.8, 4) is 0 Å². The van der Waals surface area contributed by atoms with Gasteiger partial charge in [0.25, 0.3) is 5.91 Å². The zero-order valence-electron chi connectivity index (χ0n) is 9.64. The summed E-state index contributed by atoms with van der Waals surface area (Å²) in [6.45, 7) is 0.447. The number of aromatic nitrogens is 2. The van der Waals surface area contributed by atoms with Crippen molar-refractivity contribution in [2.45, 2.75) is 0 Å². The summed E-state index contributed by atoms with van der Waals surface area (Å²) in [4.78, 5) is 20.3. The average molecular weight is 262 g/mol. The van der Waals surface area contributed by atoms with E-state index in [0.717, 1.165) is 0 Å². The molecule has 18 heavy (non-hydrogen) atoms. The lowest BCUT2D eigenvalue weighted by atomic mass is 10.1. The van der Waals surface area contributed by atoms with Crippen LogP contribution < -0.4 is 5.32 Å². The summed E-state index contributed by atoms with van der Waals surface area (Å²) in [5.41, 5.74) is 1.85. The fraction of sp³-hybridized carbons (Fsp3) is 0.154. The molecule has 1 heterocycles. The second-order valence-electron chi connectivity index (χ2n) is 3.57. The van der Waals surface area contributed by atoms with Crippen molar-refractivity contribution in [2.24, 2.45) is 0 Å². The fourth-order valence-corrected chi connectivity index (χ4v) is 1.70. The van der Waals surface area contributed by atoms with Crippen LogP contribution in [0.2, 0.25) is 0 Å². The Labute approximate surface area is 110 Å². The summed E-state index contributed by atoms with van der Waals surface area (Å²) in [6, 6.07) is 5.35. The van der Waals surface area contributed by atoms with Crippen LogP contribution >= 0.6 is 11.6 Å². The van der Waals surface area contributed by atoms with Gasteiger partial charge in [0.2, 0.25) is 0 Å². The molecule has 92 valence electrons. The van der Waals surface area contributed by atoms with Crippen molar-refractivity contribution >= 4 is 28.5 Å². The Balaban J connectivity index is 2.20.